The maximum atomic E-state index is 12.2. The summed E-state index contributed by atoms with van der Waals surface area (Å²) in [7, 11) is -3.34. The number of sulfonamides is 1. The van der Waals surface area contributed by atoms with E-state index in [-0.39, 0.29) is 0 Å². The van der Waals surface area contributed by atoms with Gasteiger partial charge in [0, 0.05) is 24.0 Å². The topological polar surface area (TPSA) is 58.2 Å². The van der Waals surface area contributed by atoms with Crippen molar-refractivity contribution in [1.29, 1.82) is 0 Å². The molecule has 1 heterocycles. The molecule has 114 valence electrons. The van der Waals surface area contributed by atoms with Crippen LogP contribution in [0.25, 0.3) is 0 Å². The van der Waals surface area contributed by atoms with Crippen molar-refractivity contribution in [3.63, 3.8) is 0 Å². The molecule has 1 fully saturated rings. The summed E-state index contributed by atoms with van der Waals surface area (Å²) < 4.78 is 27.6. The maximum absolute atomic E-state index is 12.2. The lowest BCUT2D eigenvalue weighted by Crippen LogP contribution is -2.28. The maximum Gasteiger partial charge on any atom is 0.250 e. The van der Waals surface area contributed by atoms with Crippen molar-refractivity contribution < 1.29 is 8.42 Å². The summed E-state index contributed by atoms with van der Waals surface area (Å²) in [6.07, 6.45) is 2.49. The van der Waals surface area contributed by atoms with E-state index >= 15 is 0 Å². The van der Waals surface area contributed by atoms with E-state index in [1.54, 1.807) is 6.07 Å². The molecule has 0 spiro atoms. The van der Waals surface area contributed by atoms with Gasteiger partial charge < -0.3 is 5.32 Å². The fourth-order valence-electron chi connectivity index (χ4n) is 2.05. The van der Waals surface area contributed by atoms with Gasteiger partial charge in [-0.2, -0.15) is 0 Å². The van der Waals surface area contributed by atoms with Crippen LogP contribution in [0.15, 0.2) is 16.3 Å². The molecule has 0 radical (unpaired) electrons. The van der Waals surface area contributed by atoms with Gasteiger partial charge in [0.05, 0.1) is 0 Å². The third kappa shape index (κ3) is 4.55. The van der Waals surface area contributed by atoms with Gasteiger partial charge in [-0.1, -0.05) is 20.8 Å². The summed E-state index contributed by atoms with van der Waals surface area (Å²) in [5.74, 6) is 1.15. The Bertz CT molecular complexity index is 533. The second-order valence-corrected chi connectivity index (χ2v) is 9.09. The molecule has 1 saturated carbocycles. The van der Waals surface area contributed by atoms with Crippen LogP contribution in [0.1, 0.15) is 38.5 Å². The quantitative estimate of drug-likeness (QED) is 0.775. The molecule has 2 rings (SSSR count). The zero-order valence-electron chi connectivity index (χ0n) is 12.3. The molecule has 1 aliphatic rings. The van der Waals surface area contributed by atoms with E-state index in [1.807, 2.05) is 6.07 Å². The molecule has 2 N–H and O–H groups in total. The van der Waals surface area contributed by atoms with Crippen LogP contribution in [-0.4, -0.2) is 21.0 Å². The number of nitrogens with one attached hydrogen (secondary N) is 2. The van der Waals surface area contributed by atoms with Crippen LogP contribution in [-0.2, 0) is 16.6 Å². The van der Waals surface area contributed by atoms with Gasteiger partial charge in [0.2, 0.25) is 10.0 Å². The van der Waals surface area contributed by atoms with Gasteiger partial charge in [-0.25, -0.2) is 13.1 Å². The Hall–Kier alpha value is -0.430. The first-order valence-corrected chi connectivity index (χ1v) is 9.50. The van der Waals surface area contributed by atoms with E-state index in [9.17, 15) is 8.42 Å². The molecule has 6 heteroatoms. The molecular formula is C14H24N2O2S2. The van der Waals surface area contributed by atoms with Crippen molar-refractivity contribution in [3.05, 3.63) is 17.0 Å². The largest absolute Gasteiger partial charge is 0.310 e. The monoisotopic (exact) mass is 316 g/mol. The highest BCUT2D eigenvalue weighted by Crippen LogP contribution is 2.36. The number of thiophene rings is 1. The lowest BCUT2D eigenvalue weighted by molar-refractivity contribution is 0.492. The summed E-state index contributed by atoms with van der Waals surface area (Å²) in [5.41, 5.74) is 0. The first-order chi connectivity index (χ1) is 9.38. The lowest BCUT2D eigenvalue weighted by Gasteiger charge is -2.10. The molecular weight excluding hydrogens is 292 g/mol. The molecule has 0 aliphatic heterocycles. The predicted molar refractivity (Wildman–Crippen MR) is 83.4 cm³/mol. The van der Waals surface area contributed by atoms with Crippen molar-refractivity contribution in [2.24, 2.45) is 11.8 Å². The molecule has 0 amide bonds. The van der Waals surface area contributed by atoms with Gasteiger partial charge in [0.15, 0.2) is 0 Å². The van der Waals surface area contributed by atoms with Crippen molar-refractivity contribution >= 4 is 21.4 Å². The van der Waals surface area contributed by atoms with Crippen LogP contribution in [0.3, 0.4) is 0 Å². The van der Waals surface area contributed by atoms with Crippen LogP contribution in [0.2, 0.25) is 0 Å². The second-order valence-electron chi connectivity index (χ2n) is 5.92. The van der Waals surface area contributed by atoms with Crippen molar-refractivity contribution in [1.82, 2.24) is 10.0 Å². The first kappa shape index (κ1) is 15.9. The molecule has 20 heavy (non-hydrogen) atoms. The molecule has 1 aliphatic carbocycles. The third-order valence-electron chi connectivity index (χ3n) is 3.61. The highest BCUT2D eigenvalue weighted by Gasteiger charge is 2.29. The first-order valence-electron chi connectivity index (χ1n) is 7.20. The van der Waals surface area contributed by atoms with Gasteiger partial charge in [-0.15, -0.1) is 11.3 Å². The Morgan fingerprint density at radius 1 is 1.30 bits per heavy atom. The smallest absolute Gasteiger partial charge is 0.250 e. The summed E-state index contributed by atoms with van der Waals surface area (Å²) in [4.78, 5) is 1.05. The fraction of sp³-hybridized carbons (Fsp3) is 0.714. The van der Waals surface area contributed by atoms with Crippen LogP contribution in [0, 0.1) is 11.8 Å². The van der Waals surface area contributed by atoms with Gasteiger partial charge in [-0.3, -0.25) is 0 Å². The normalized spacial score (nSPS) is 17.6. The van der Waals surface area contributed by atoms with E-state index in [4.69, 9.17) is 0 Å². The predicted octanol–water partition coefficient (Wildman–Crippen LogP) is 2.57. The van der Waals surface area contributed by atoms with E-state index in [2.05, 4.69) is 30.8 Å². The van der Waals surface area contributed by atoms with Gasteiger partial charge in [0.1, 0.15) is 4.21 Å². The Labute approximate surface area is 126 Å². The van der Waals surface area contributed by atoms with Crippen molar-refractivity contribution in [2.75, 3.05) is 6.54 Å². The Morgan fingerprint density at radius 2 is 2.00 bits per heavy atom. The minimum absolute atomic E-state index is 0.398. The summed E-state index contributed by atoms with van der Waals surface area (Å²) >= 11 is 1.34. The summed E-state index contributed by atoms with van der Waals surface area (Å²) in [5, 5.41) is 3.30. The van der Waals surface area contributed by atoms with E-state index in [1.165, 1.54) is 24.2 Å². The molecule has 1 unspecified atom stereocenters. The van der Waals surface area contributed by atoms with Crippen LogP contribution in [0.4, 0.5) is 0 Å². The number of rotatable bonds is 8. The van der Waals surface area contributed by atoms with Gasteiger partial charge in [0.25, 0.3) is 0 Å². The van der Waals surface area contributed by atoms with Crippen molar-refractivity contribution in [3.8, 4) is 0 Å². The van der Waals surface area contributed by atoms with Crippen LogP contribution in [0.5, 0.6) is 0 Å². The molecule has 1 atom stereocenters. The highest BCUT2D eigenvalue weighted by molar-refractivity contribution is 7.91. The standard InChI is InChI=1S/C14H24N2O2S2/c1-10(2)15-9-13-6-7-14(19-13)20(17,18)16-8-11(3)12-4-5-12/h6-7,10-12,15-16H,4-5,8-9H2,1-3H3. The molecule has 0 saturated heterocycles. The average Bonchev–Trinajstić information content (AvgIpc) is 3.11. The van der Waals surface area contributed by atoms with Gasteiger partial charge >= 0.3 is 0 Å². The van der Waals surface area contributed by atoms with E-state index in [0.717, 1.165) is 11.4 Å². The minimum atomic E-state index is -3.34. The molecule has 1 aromatic heterocycles. The third-order valence-corrected chi connectivity index (χ3v) is 6.61. The Balaban J connectivity index is 1.91. The van der Waals surface area contributed by atoms with E-state index < -0.39 is 10.0 Å². The average molecular weight is 316 g/mol. The summed E-state index contributed by atoms with van der Waals surface area (Å²) in [6.45, 7) is 7.53. The lowest BCUT2D eigenvalue weighted by atomic mass is 10.1. The zero-order valence-corrected chi connectivity index (χ0v) is 14.0. The van der Waals surface area contributed by atoms with Gasteiger partial charge in [-0.05, 0) is 36.8 Å². The SMILES string of the molecule is CC(C)NCc1ccc(S(=O)(=O)NCC(C)C2CC2)s1. The van der Waals surface area contributed by atoms with Crippen LogP contribution >= 0.6 is 11.3 Å². The number of hydrogen-bond donors (Lipinski definition) is 2. The minimum Gasteiger partial charge on any atom is -0.310 e. The number of hydrogen-bond acceptors (Lipinski definition) is 4. The second kappa shape index (κ2) is 6.56. The van der Waals surface area contributed by atoms with E-state index in [0.29, 0.717) is 28.6 Å². The Kier molecular flexibility index (Phi) is 5.23. The molecule has 0 aromatic carbocycles. The Morgan fingerprint density at radius 3 is 2.60 bits per heavy atom. The molecule has 0 bridgehead atoms. The van der Waals surface area contributed by atoms with Crippen molar-refractivity contribution in [2.45, 2.75) is 50.4 Å². The molecule has 1 aromatic rings. The highest BCUT2D eigenvalue weighted by atomic mass is 32.2. The summed E-state index contributed by atoms with van der Waals surface area (Å²) in [6, 6.07) is 3.99. The zero-order chi connectivity index (χ0) is 14.8. The fourth-order valence-corrected chi connectivity index (χ4v) is 4.54. The van der Waals surface area contributed by atoms with Crippen LogP contribution < -0.4 is 10.0 Å². The molecule has 4 nitrogen and oxygen atoms in total.